The normalized spacial score (nSPS) is 28.7. The third-order valence-electron chi connectivity index (χ3n) is 8.55. The minimum atomic E-state index is 0.410. The number of aryl methyl sites for hydroxylation is 1. The number of rotatable bonds is 5. The molecule has 0 aliphatic heterocycles. The predicted molar refractivity (Wildman–Crippen MR) is 127 cm³/mol. The number of nitrogens with two attached hydrogens (primary N) is 1. The summed E-state index contributed by atoms with van der Waals surface area (Å²) in [5.74, 6) is 2.00. The van der Waals surface area contributed by atoms with Crippen LogP contribution in [0.1, 0.15) is 72.6 Å². The van der Waals surface area contributed by atoms with Crippen molar-refractivity contribution in [1.29, 1.82) is 0 Å². The lowest BCUT2D eigenvalue weighted by Gasteiger charge is -2.58. The van der Waals surface area contributed by atoms with Crippen molar-refractivity contribution in [2.75, 3.05) is 5.73 Å². The molecule has 2 N–H and O–H groups in total. The van der Waals surface area contributed by atoms with Gasteiger partial charge in [0.1, 0.15) is 0 Å². The molecule has 0 aromatic carbocycles. The van der Waals surface area contributed by atoms with Crippen molar-refractivity contribution in [3.05, 3.63) is 36.5 Å². The maximum absolute atomic E-state index is 6.13. The number of nitrogen functional groups attached to an aromatic ring is 1. The zero-order chi connectivity index (χ0) is 22.4. The Bertz CT molecular complexity index is 1010. The van der Waals surface area contributed by atoms with Crippen LogP contribution in [0.3, 0.4) is 0 Å². The minimum Gasteiger partial charge on any atom is -0.380 e. The Balaban J connectivity index is 1.47. The van der Waals surface area contributed by atoms with Crippen molar-refractivity contribution in [3.8, 4) is 0 Å². The van der Waals surface area contributed by atoms with Gasteiger partial charge in [-0.15, -0.1) is 0 Å². The smallest absolute Gasteiger partial charge is 0.307 e. The first-order valence-electron chi connectivity index (χ1n) is 11.9. The third kappa shape index (κ3) is 3.92. The number of aromatic nitrogens is 4. The molecule has 3 atom stereocenters. The monoisotopic (exact) mass is 422 g/mol. The molecule has 2 heterocycles. The van der Waals surface area contributed by atoms with Gasteiger partial charge in [-0.25, -0.2) is 4.57 Å². The zero-order valence-electron chi connectivity index (χ0n) is 20.1. The van der Waals surface area contributed by atoms with E-state index in [2.05, 4.69) is 61.2 Å². The van der Waals surface area contributed by atoms with Crippen LogP contribution in [-0.2, 0) is 13.6 Å². The van der Waals surface area contributed by atoms with Crippen LogP contribution in [-0.4, -0.2) is 14.5 Å². The third-order valence-corrected chi connectivity index (χ3v) is 8.55. The molecule has 2 saturated carbocycles. The Hall–Kier alpha value is -2.17. The largest absolute Gasteiger partial charge is 0.380 e. The molecule has 0 bridgehead atoms. The van der Waals surface area contributed by atoms with Gasteiger partial charge in [0.05, 0.1) is 13.6 Å². The molecule has 0 spiro atoms. The summed E-state index contributed by atoms with van der Waals surface area (Å²) >= 11 is 0. The number of hydrogen-bond acceptors (Lipinski definition) is 3. The molecule has 0 saturated heterocycles. The molecule has 2 aliphatic carbocycles. The number of hydrogen-bond donors (Lipinski definition) is 1. The Morgan fingerprint density at radius 3 is 2.87 bits per heavy atom. The van der Waals surface area contributed by atoms with Gasteiger partial charge in [-0.3, -0.25) is 4.57 Å². The van der Waals surface area contributed by atoms with Crippen molar-refractivity contribution in [1.82, 2.24) is 14.5 Å². The molecule has 168 valence electrons. The van der Waals surface area contributed by atoms with E-state index in [0.717, 1.165) is 30.0 Å². The van der Waals surface area contributed by atoms with Crippen LogP contribution < -0.4 is 10.3 Å². The summed E-state index contributed by atoms with van der Waals surface area (Å²) in [5, 5.41) is 0. The summed E-state index contributed by atoms with van der Waals surface area (Å²) in [4.78, 5) is 8.55. The van der Waals surface area contributed by atoms with E-state index in [1.807, 2.05) is 11.6 Å². The average molecular weight is 423 g/mol. The molecule has 0 radical (unpaired) electrons. The lowest BCUT2D eigenvalue weighted by Crippen LogP contribution is -2.49. The van der Waals surface area contributed by atoms with Crippen LogP contribution in [0.4, 0.5) is 5.82 Å². The molecular weight excluding hydrogens is 382 g/mol. The first-order chi connectivity index (χ1) is 14.6. The van der Waals surface area contributed by atoms with Crippen LogP contribution in [0, 0.1) is 22.7 Å². The van der Waals surface area contributed by atoms with Crippen molar-refractivity contribution in [2.24, 2.45) is 29.7 Å². The highest BCUT2D eigenvalue weighted by Crippen LogP contribution is 2.61. The zero-order valence-corrected chi connectivity index (χ0v) is 20.1. The number of fused-ring (bicyclic) bond motifs is 2. The molecule has 2 fully saturated rings. The molecule has 31 heavy (non-hydrogen) atoms. The maximum atomic E-state index is 6.13. The fourth-order valence-corrected chi connectivity index (χ4v) is 6.91. The van der Waals surface area contributed by atoms with E-state index in [4.69, 9.17) is 5.73 Å². The second kappa shape index (κ2) is 8.07. The Morgan fingerprint density at radius 2 is 2.10 bits per heavy atom. The average Bonchev–Trinajstić information content (AvgIpc) is 3.02. The minimum absolute atomic E-state index is 0.410. The first-order valence-corrected chi connectivity index (χ1v) is 11.9. The van der Waals surface area contributed by atoms with E-state index in [-0.39, 0.29) is 0 Å². The van der Waals surface area contributed by atoms with Gasteiger partial charge in [0, 0.05) is 0 Å². The van der Waals surface area contributed by atoms with Gasteiger partial charge in [-0.1, -0.05) is 56.0 Å². The second-order valence-electron chi connectivity index (χ2n) is 11.0. The van der Waals surface area contributed by atoms with E-state index in [9.17, 15) is 0 Å². The Morgan fingerprint density at radius 1 is 1.32 bits per heavy atom. The van der Waals surface area contributed by atoms with Crippen LogP contribution in [0.5, 0.6) is 0 Å². The predicted octanol–water partition coefficient (Wildman–Crippen LogP) is 5.36. The van der Waals surface area contributed by atoms with Crippen molar-refractivity contribution in [3.63, 3.8) is 0 Å². The highest BCUT2D eigenvalue weighted by atomic mass is 15.2. The molecule has 0 amide bonds. The molecule has 2 aromatic rings. The SMILES string of the molecule is C=C1CC[C@@H]2C(C)(C)CCC[C@@]2(C)[C@@H]1CC/C(C)=C/Cn1c[n+](C)c2ncnc(N)c21. The molecule has 2 aliphatic rings. The Kier molecular flexibility index (Phi) is 5.74. The summed E-state index contributed by atoms with van der Waals surface area (Å²) in [6.45, 7) is 15.2. The van der Waals surface area contributed by atoms with Crippen molar-refractivity contribution >= 4 is 17.0 Å². The molecule has 5 nitrogen and oxygen atoms in total. The van der Waals surface area contributed by atoms with E-state index in [1.165, 1.54) is 56.0 Å². The fraction of sp³-hybridized carbons (Fsp3) is 0.654. The highest BCUT2D eigenvalue weighted by Gasteiger charge is 2.52. The van der Waals surface area contributed by atoms with Crippen molar-refractivity contribution in [2.45, 2.75) is 79.2 Å². The van der Waals surface area contributed by atoms with Gasteiger partial charge in [-0.2, -0.15) is 4.98 Å². The second-order valence-corrected chi connectivity index (χ2v) is 11.0. The molecular formula is C26H40N5+. The molecule has 0 unspecified atom stereocenters. The van der Waals surface area contributed by atoms with Crippen LogP contribution in [0.2, 0.25) is 0 Å². The van der Waals surface area contributed by atoms with Gasteiger partial charge in [0.2, 0.25) is 5.52 Å². The maximum Gasteiger partial charge on any atom is 0.307 e. The van der Waals surface area contributed by atoms with Gasteiger partial charge < -0.3 is 5.73 Å². The van der Waals surface area contributed by atoms with Crippen molar-refractivity contribution < 1.29 is 4.57 Å². The number of imidazole rings is 1. The molecule has 4 rings (SSSR count). The van der Waals surface area contributed by atoms with Gasteiger partial charge in [0.15, 0.2) is 18.5 Å². The summed E-state index contributed by atoms with van der Waals surface area (Å²) in [6, 6.07) is 0. The quantitative estimate of drug-likeness (QED) is 0.521. The summed E-state index contributed by atoms with van der Waals surface area (Å²) in [6.07, 6.45) is 14.9. The van der Waals surface area contributed by atoms with Crippen LogP contribution >= 0.6 is 0 Å². The Labute approximate surface area is 187 Å². The van der Waals surface area contributed by atoms with Gasteiger partial charge in [-0.05, 0) is 68.1 Å². The lowest BCUT2D eigenvalue weighted by molar-refractivity contribution is -0.647. The van der Waals surface area contributed by atoms with Crippen LogP contribution in [0.25, 0.3) is 11.2 Å². The van der Waals surface area contributed by atoms with E-state index in [0.29, 0.717) is 22.6 Å². The number of anilines is 1. The number of allylic oxidation sites excluding steroid dienone is 3. The van der Waals surface area contributed by atoms with Gasteiger partial charge >= 0.3 is 5.65 Å². The summed E-state index contributed by atoms with van der Waals surface area (Å²) < 4.78 is 4.16. The summed E-state index contributed by atoms with van der Waals surface area (Å²) in [5.41, 5.74) is 11.7. The fourth-order valence-electron chi connectivity index (χ4n) is 6.91. The van der Waals surface area contributed by atoms with Gasteiger partial charge in [0.25, 0.3) is 0 Å². The lowest BCUT2D eigenvalue weighted by atomic mass is 9.47. The van der Waals surface area contributed by atoms with E-state index >= 15 is 0 Å². The first kappa shape index (κ1) is 22.0. The van der Waals surface area contributed by atoms with E-state index in [1.54, 1.807) is 0 Å². The summed E-state index contributed by atoms with van der Waals surface area (Å²) in [7, 11) is 2.00. The molecule has 5 heteroatoms. The topological polar surface area (TPSA) is 60.6 Å². The van der Waals surface area contributed by atoms with Crippen LogP contribution in [0.15, 0.2) is 36.5 Å². The van der Waals surface area contributed by atoms with E-state index < -0.39 is 0 Å². The highest BCUT2D eigenvalue weighted by molar-refractivity contribution is 5.79. The standard InChI is InChI=1S/C26H40N5/c1-18(12-15-31-17-30(6)24-22(31)23(27)28-16-29-24)8-10-20-19(2)9-11-21-25(3,4)13-7-14-26(20,21)5/h12,16-17,20-21H,2,7-11,13-15H2,1,3-6H3,(H2,27,28,29)/q+1/b18-12+/t20-,21-,26+/m1/s1. The molecule has 2 aromatic heterocycles. The number of nitrogens with zero attached hydrogens (tertiary/aromatic N) is 4.